The van der Waals surface area contributed by atoms with Crippen molar-refractivity contribution in [3.63, 3.8) is 0 Å². The van der Waals surface area contributed by atoms with Gasteiger partial charge in [0.1, 0.15) is 24.1 Å². The molecule has 2 aliphatic carbocycles. The number of aliphatic hydroxyl groups excluding tert-OH is 1. The molecular formula is C42H40N2O8. The summed E-state index contributed by atoms with van der Waals surface area (Å²) in [6, 6.07) is 29.2. The molecule has 3 atom stereocenters. The average Bonchev–Trinajstić information content (AvgIpc) is 3.71. The molecule has 3 aliphatic rings. The van der Waals surface area contributed by atoms with Gasteiger partial charge >= 0.3 is 5.97 Å². The maximum absolute atomic E-state index is 13.9. The molecule has 0 unspecified atom stereocenters. The van der Waals surface area contributed by atoms with Gasteiger partial charge < -0.3 is 35.1 Å². The number of nitrogens with one attached hydrogen (secondary N) is 2. The summed E-state index contributed by atoms with van der Waals surface area (Å²) in [5.41, 5.74) is 5.59. The van der Waals surface area contributed by atoms with Crippen LogP contribution in [0, 0.1) is 0 Å². The minimum atomic E-state index is -0.938. The number of para-hydroxylation sites is 1. The molecule has 0 bridgehead atoms. The molecule has 0 radical (unpaired) electrons. The van der Waals surface area contributed by atoms with Crippen molar-refractivity contribution in [3.8, 4) is 5.75 Å². The van der Waals surface area contributed by atoms with Crippen LogP contribution in [0.1, 0.15) is 55.0 Å². The van der Waals surface area contributed by atoms with Gasteiger partial charge in [-0.2, -0.15) is 0 Å². The third-order valence-electron chi connectivity index (χ3n) is 9.61. The summed E-state index contributed by atoms with van der Waals surface area (Å²) >= 11 is 0. The maximum Gasteiger partial charge on any atom is 0.339 e. The number of aromatic hydroxyl groups is 1. The van der Waals surface area contributed by atoms with E-state index in [2.05, 4.69) is 22.8 Å². The lowest BCUT2D eigenvalue weighted by Gasteiger charge is -2.30. The van der Waals surface area contributed by atoms with Crippen molar-refractivity contribution in [1.29, 1.82) is 0 Å². The second-order valence-electron chi connectivity index (χ2n) is 13.2. The summed E-state index contributed by atoms with van der Waals surface area (Å²) in [7, 11) is 0. The molecule has 4 aromatic carbocycles. The van der Waals surface area contributed by atoms with Gasteiger partial charge in [-0.1, -0.05) is 84.9 Å². The highest BCUT2D eigenvalue weighted by Crippen LogP contribution is 2.45. The van der Waals surface area contributed by atoms with Gasteiger partial charge in [0.2, 0.25) is 5.91 Å². The second-order valence-corrected chi connectivity index (χ2v) is 13.2. The van der Waals surface area contributed by atoms with Gasteiger partial charge in [-0.05, 0) is 64.6 Å². The zero-order chi connectivity index (χ0) is 36.1. The number of phenols is 1. The number of hydrogen-bond donors (Lipinski definition) is 4. The maximum atomic E-state index is 13.9. The Hall–Kier alpha value is -5.55. The largest absolute Gasteiger partial charge is 0.508 e. The summed E-state index contributed by atoms with van der Waals surface area (Å²) in [5.74, 6) is -1.95. The number of aliphatic hydroxyl groups is 1. The molecular weight excluding hydrogens is 660 g/mol. The van der Waals surface area contributed by atoms with E-state index in [9.17, 15) is 19.5 Å². The Labute approximate surface area is 301 Å². The van der Waals surface area contributed by atoms with Crippen molar-refractivity contribution in [2.45, 2.75) is 56.3 Å². The van der Waals surface area contributed by atoms with E-state index in [4.69, 9.17) is 19.3 Å². The molecule has 2 amide bonds. The third-order valence-corrected chi connectivity index (χ3v) is 9.61. The van der Waals surface area contributed by atoms with Crippen LogP contribution < -0.4 is 10.6 Å². The lowest BCUT2D eigenvalue weighted by Crippen LogP contribution is -2.43. The van der Waals surface area contributed by atoms with Crippen LogP contribution in [-0.4, -0.2) is 65.2 Å². The number of carbonyl (C=O) groups is 3. The Morgan fingerprint density at radius 1 is 0.865 bits per heavy atom. The normalized spacial score (nSPS) is 19.9. The molecule has 1 heterocycles. The molecule has 4 aromatic rings. The van der Waals surface area contributed by atoms with Crippen LogP contribution in [0.3, 0.4) is 0 Å². The molecule has 10 heteroatoms. The number of benzene rings is 4. The zero-order valence-electron chi connectivity index (χ0n) is 28.5. The smallest absolute Gasteiger partial charge is 0.339 e. The van der Waals surface area contributed by atoms with E-state index < -0.39 is 30.1 Å². The number of allylic oxidation sites excluding steroid dienone is 1. The number of amides is 2. The van der Waals surface area contributed by atoms with Crippen molar-refractivity contribution >= 4 is 23.9 Å². The Kier molecular flexibility index (Phi) is 10.3. The van der Waals surface area contributed by atoms with Crippen molar-refractivity contribution in [1.82, 2.24) is 10.6 Å². The summed E-state index contributed by atoms with van der Waals surface area (Å²) in [6.45, 7) is 0.137. The number of hydrogen-bond acceptors (Lipinski definition) is 8. The lowest BCUT2D eigenvalue weighted by atomic mass is 9.91. The van der Waals surface area contributed by atoms with E-state index in [0.717, 1.165) is 22.3 Å². The van der Waals surface area contributed by atoms with Gasteiger partial charge in [-0.3, -0.25) is 9.59 Å². The van der Waals surface area contributed by atoms with E-state index in [-0.39, 0.29) is 43.7 Å². The summed E-state index contributed by atoms with van der Waals surface area (Å²) in [6.07, 6.45) is 5.08. The molecule has 266 valence electrons. The fourth-order valence-corrected chi connectivity index (χ4v) is 7.08. The summed E-state index contributed by atoms with van der Waals surface area (Å²) < 4.78 is 19.5. The van der Waals surface area contributed by atoms with Crippen LogP contribution in [0.4, 0.5) is 0 Å². The topological polar surface area (TPSA) is 143 Å². The number of ether oxygens (including phenoxy) is 3. The van der Waals surface area contributed by atoms with Crippen molar-refractivity contribution in [2.75, 3.05) is 13.2 Å². The number of rotatable bonds is 11. The fraction of sp³-hybridized carbons (Fsp3) is 0.262. The quantitative estimate of drug-likeness (QED) is 0.163. The number of esters is 1. The Morgan fingerprint density at radius 3 is 2.40 bits per heavy atom. The van der Waals surface area contributed by atoms with E-state index >= 15 is 0 Å². The molecule has 7 rings (SSSR count). The van der Waals surface area contributed by atoms with Gasteiger partial charge in [-0.15, -0.1) is 0 Å². The monoisotopic (exact) mass is 700 g/mol. The van der Waals surface area contributed by atoms with E-state index in [0.29, 0.717) is 41.5 Å². The number of fused-ring (bicyclic) bond motifs is 2. The average molecular weight is 701 g/mol. The van der Waals surface area contributed by atoms with Gasteiger partial charge in [0.05, 0.1) is 12.2 Å². The van der Waals surface area contributed by atoms with Gasteiger partial charge in [-0.25, -0.2) is 4.79 Å². The molecule has 1 fully saturated rings. The molecule has 10 nitrogen and oxygen atoms in total. The SMILES string of the molecule is O=C(NCc1cccc(C(=O)NCCO)c1)C1=C[C@H]2OC3(Cc4ccccc4C3)O[C@H]2[C@H](OC(=O)c2ccccc2C=CCc2ccccc2O)C1. The van der Waals surface area contributed by atoms with Crippen LogP contribution in [0.15, 0.2) is 115 Å². The van der Waals surface area contributed by atoms with Crippen LogP contribution >= 0.6 is 0 Å². The van der Waals surface area contributed by atoms with E-state index in [1.54, 1.807) is 48.5 Å². The summed E-state index contributed by atoms with van der Waals surface area (Å²) in [4.78, 5) is 40.0. The minimum absolute atomic E-state index is 0.111. The van der Waals surface area contributed by atoms with Crippen LogP contribution in [0.5, 0.6) is 5.75 Å². The van der Waals surface area contributed by atoms with E-state index in [1.807, 2.05) is 54.6 Å². The molecule has 52 heavy (non-hydrogen) atoms. The van der Waals surface area contributed by atoms with Crippen LogP contribution in [0.2, 0.25) is 0 Å². The highest BCUT2D eigenvalue weighted by Gasteiger charge is 2.55. The standard InChI is InChI=1S/C42H40N2O8/c45-20-19-43-39(47)30-16-7-9-27(21-30)26-44-40(48)33-22-36(38-37(23-33)51-42(52-38)24-31-12-1-2-13-32(31)25-42)50-41(49)34-17-5-3-10-28(34)14-8-15-29-11-4-6-18-35(29)46/h1-14,16-18,21,23,36-38,45-46H,15,19-20,22,24-26H2,(H,43,47)(H,44,48)/t36-,37-,38+/m1/s1. The predicted octanol–water partition coefficient (Wildman–Crippen LogP) is 4.82. The van der Waals surface area contributed by atoms with Gasteiger partial charge in [0, 0.05) is 43.5 Å². The first-order chi connectivity index (χ1) is 25.3. The summed E-state index contributed by atoms with van der Waals surface area (Å²) in [5, 5.41) is 24.8. The van der Waals surface area contributed by atoms with Crippen LogP contribution in [0.25, 0.3) is 6.08 Å². The number of carbonyl (C=O) groups excluding carboxylic acids is 3. The Morgan fingerprint density at radius 2 is 1.62 bits per heavy atom. The predicted molar refractivity (Wildman–Crippen MR) is 193 cm³/mol. The first kappa shape index (κ1) is 34.9. The molecule has 1 spiro atoms. The van der Waals surface area contributed by atoms with Crippen molar-refractivity contribution in [2.24, 2.45) is 0 Å². The van der Waals surface area contributed by atoms with E-state index in [1.165, 1.54) is 0 Å². The van der Waals surface area contributed by atoms with Crippen molar-refractivity contribution < 1.29 is 38.8 Å². The fourth-order valence-electron chi connectivity index (χ4n) is 7.08. The molecule has 0 aromatic heterocycles. The lowest BCUT2D eigenvalue weighted by molar-refractivity contribution is -0.172. The van der Waals surface area contributed by atoms with Gasteiger partial charge in [0.15, 0.2) is 5.79 Å². The van der Waals surface area contributed by atoms with Crippen molar-refractivity contribution in [3.05, 3.63) is 154 Å². The first-order valence-corrected chi connectivity index (χ1v) is 17.4. The molecule has 1 saturated heterocycles. The first-order valence-electron chi connectivity index (χ1n) is 17.4. The van der Waals surface area contributed by atoms with Gasteiger partial charge in [0.25, 0.3) is 5.91 Å². The third kappa shape index (κ3) is 7.69. The second kappa shape index (κ2) is 15.4. The molecule has 1 aliphatic heterocycles. The number of phenolic OH excluding ortho intramolecular Hbond substituents is 1. The van der Waals surface area contributed by atoms with Crippen LogP contribution in [-0.2, 0) is 44.8 Å². The zero-order valence-corrected chi connectivity index (χ0v) is 28.5. The Balaban J connectivity index is 1.09. The molecule has 4 N–H and O–H groups in total. The highest BCUT2D eigenvalue weighted by molar-refractivity contribution is 5.96. The molecule has 0 saturated carbocycles. The minimum Gasteiger partial charge on any atom is -0.508 e. The highest BCUT2D eigenvalue weighted by atomic mass is 16.8. The Bertz CT molecular complexity index is 2010.